The van der Waals surface area contributed by atoms with E-state index >= 15 is 0 Å². The van der Waals surface area contributed by atoms with Crippen LogP contribution >= 0.6 is 11.6 Å². The Kier molecular flexibility index (Phi) is 3.75. The molecule has 0 N–H and O–H groups in total. The topological polar surface area (TPSA) is 20.3 Å². The van der Waals surface area contributed by atoms with Crippen LogP contribution in [0.1, 0.15) is 21.5 Å². The molecule has 2 nitrogen and oxygen atoms in total. The summed E-state index contributed by atoms with van der Waals surface area (Å²) in [7, 11) is 0. The van der Waals surface area contributed by atoms with E-state index in [2.05, 4.69) is 29.2 Å². The van der Waals surface area contributed by atoms with Crippen molar-refractivity contribution in [2.75, 3.05) is 17.3 Å². The maximum atomic E-state index is 12.0. The standard InChI is InChI=1S/C17H16ClNO/c18-11-17(20)15-7-3-4-8-16(15)19-10-9-13-5-1-2-6-14(13)12-19/h1-8H,9-12H2. The number of rotatable bonds is 3. The minimum Gasteiger partial charge on any atom is -0.366 e. The highest BCUT2D eigenvalue weighted by Gasteiger charge is 2.20. The first-order valence-electron chi connectivity index (χ1n) is 6.79. The van der Waals surface area contributed by atoms with E-state index in [0.29, 0.717) is 0 Å². The van der Waals surface area contributed by atoms with Gasteiger partial charge in [0.15, 0.2) is 5.78 Å². The van der Waals surface area contributed by atoms with Gasteiger partial charge in [-0.1, -0.05) is 36.4 Å². The van der Waals surface area contributed by atoms with Gasteiger partial charge in [-0.05, 0) is 29.7 Å². The zero-order chi connectivity index (χ0) is 13.9. The number of carbonyl (C=O) groups excluding carboxylic acids is 1. The molecule has 0 fully saturated rings. The second-order valence-electron chi connectivity index (χ2n) is 5.01. The largest absolute Gasteiger partial charge is 0.366 e. The molecule has 2 aromatic carbocycles. The van der Waals surface area contributed by atoms with Gasteiger partial charge in [0, 0.05) is 24.3 Å². The number of hydrogen-bond donors (Lipinski definition) is 0. The molecule has 0 aliphatic carbocycles. The van der Waals surface area contributed by atoms with E-state index in [0.717, 1.165) is 30.8 Å². The number of ketones is 1. The Morgan fingerprint density at radius 2 is 1.75 bits per heavy atom. The highest BCUT2D eigenvalue weighted by Crippen LogP contribution is 2.27. The van der Waals surface area contributed by atoms with Crippen LogP contribution in [0.4, 0.5) is 5.69 Å². The molecule has 102 valence electrons. The zero-order valence-corrected chi connectivity index (χ0v) is 11.9. The first kappa shape index (κ1) is 13.2. The average molecular weight is 286 g/mol. The normalized spacial score (nSPS) is 13.9. The fourth-order valence-electron chi connectivity index (χ4n) is 2.76. The van der Waals surface area contributed by atoms with Gasteiger partial charge < -0.3 is 4.90 Å². The Bertz CT molecular complexity index is 638. The van der Waals surface area contributed by atoms with Crippen molar-refractivity contribution in [2.45, 2.75) is 13.0 Å². The summed E-state index contributed by atoms with van der Waals surface area (Å²) in [4.78, 5) is 14.2. The molecular formula is C17H16ClNO. The summed E-state index contributed by atoms with van der Waals surface area (Å²) in [5.74, 6) is 0.0164. The Hall–Kier alpha value is -1.80. The Balaban J connectivity index is 1.94. The summed E-state index contributed by atoms with van der Waals surface area (Å²) < 4.78 is 0. The monoisotopic (exact) mass is 285 g/mol. The summed E-state index contributed by atoms with van der Waals surface area (Å²) in [6, 6.07) is 16.2. The van der Waals surface area contributed by atoms with E-state index in [1.165, 1.54) is 11.1 Å². The Labute approximate surface area is 124 Å². The molecule has 1 aliphatic heterocycles. The molecule has 0 amide bonds. The first-order chi connectivity index (χ1) is 9.79. The number of fused-ring (bicyclic) bond motifs is 1. The fourth-order valence-corrected chi connectivity index (χ4v) is 2.90. The van der Waals surface area contributed by atoms with Crippen LogP contribution in [0.2, 0.25) is 0 Å². The summed E-state index contributed by atoms with van der Waals surface area (Å²) in [5.41, 5.74) is 4.46. The van der Waals surface area contributed by atoms with Crippen molar-refractivity contribution in [1.82, 2.24) is 0 Å². The van der Waals surface area contributed by atoms with Crippen LogP contribution in [0.25, 0.3) is 0 Å². The third-order valence-corrected chi connectivity index (χ3v) is 4.04. The Morgan fingerprint density at radius 3 is 2.55 bits per heavy atom. The number of nitrogens with zero attached hydrogens (tertiary/aromatic N) is 1. The van der Waals surface area contributed by atoms with Crippen LogP contribution in [0.5, 0.6) is 0 Å². The number of anilines is 1. The number of Topliss-reactive ketones (excluding diaryl/α,β-unsaturated/α-hetero) is 1. The lowest BCUT2D eigenvalue weighted by molar-refractivity contribution is 0.102. The summed E-state index contributed by atoms with van der Waals surface area (Å²) >= 11 is 5.71. The highest BCUT2D eigenvalue weighted by atomic mass is 35.5. The molecule has 2 aromatic rings. The van der Waals surface area contributed by atoms with E-state index < -0.39 is 0 Å². The van der Waals surface area contributed by atoms with E-state index in [-0.39, 0.29) is 11.7 Å². The lowest BCUT2D eigenvalue weighted by atomic mass is 9.98. The predicted octanol–water partition coefficient (Wildman–Crippen LogP) is 3.67. The molecule has 1 aliphatic rings. The minimum atomic E-state index is -0.0128. The molecule has 0 aromatic heterocycles. The molecule has 0 unspecified atom stereocenters. The van der Waals surface area contributed by atoms with Crippen LogP contribution in [0.3, 0.4) is 0 Å². The van der Waals surface area contributed by atoms with Crippen molar-refractivity contribution in [3.63, 3.8) is 0 Å². The molecule has 0 spiro atoms. The molecule has 1 heterocycles. The van der Waals surface area contributed by atoms with Crippen molar-refractivity contribution in [2.24, 2.45) is 0 Å². The van der Waals surface area contributed by atoms with Gasteiger partial charge in [0.05, 0.1) is 5.88 Å². The molecule has 3 heteroatoms. The minimum absolute atomic E-state index is 0.0128. The number of hydrogen-bond acceptors (Lipinski definition) is 2. The van der Waals surface area contributed by atoms with Gasteiger partial charge in [-0.25, -0.2) is 0 Å². The van der Waals surface area contributed by atoms with Crippen LogP contribution in [0, 0.1) is 0 Å². The maximum Gasteiger partial charge on any atom is 0.179 e. The number of para-hydroxylation sites is 1. The van der Waals surface area contributed by atoms with Crippen LogP contribution in [0.15, 0.2) is 48.5 Å². The van der Waals surface area contributed by atoms with Crippen LogP contribution in [-0.2, 0) is 13.0 Å². The molecule has 0 saturated heterocycles. The van der Waals surface area contributed by atoms with Crippen molar-refractivity contribution in [3.05, 3.63) is 65.2 Å². The lowest BCUT2D eigenvalue weighted by Gasteiger charge is -2.32. The third kappa shape index (κ3) is 2.44. The lowest BCUT2D eigenvalue weighted by Crippen LogP contribution is -2.31. The van der Waals surface area contributed by atoms with Gasteiger partial charge in [0.25, 0.3) is 0 Å². The van der Waals surface area contributed by atoms with E-state index in [1.54, 1.807) is 0 Å². The summed E-state index contributed by atoms with van der Waals surface area (Å²) in [6.07, 6.45) is 1.01. The van der Waals surface area contributed by atoms with E-state index in [1.807, 2.05) is 24.3 Å². The second kappa shape index (κ2) is 5.68. The van der Waals surface area contributed by atoms with Crippen molar-refractivity contribution >= 4 is 23.1 Å². The molecule has 0 bridgehead atoms. The predicted molar refractivity (Wildman–Crippen MR) is 82.7 cm³/mol. The summed E-state index contributed by atoms with van der Waals surface area (Å²) in [5, 5.41) is 0. The second-order valence-corrected chi connectivity index (χ2v) is 5.28. The van der Waals surface area contributed by atoms with Gasteiger partial charge in [0.2, 0.25) is 0 Å². The van der Waals surface area contributed by atoms with Crippen molar-refractivity contribution in [3.8, 4) is 0 Å². The fraction of sp³-hybridized carbons (Fsp3) is 0.235. The summed E-state index contributed by atoms with van der Waals surface area (Å²) in [6.45, 7) is 1.78. The Morgan fingerprint density at radius 1 is 1.05 bits per heavy atom. The van der Waals surface area contributed by atoms with E-state index in [9.17, 15) is 4.79 Å². The van der Waals surface area contributed by atoms with Crippen LogP contribution < -0.4 is 4.90 Å². The highest BCUT2D eigenvalue weighted by molar-refractivity contribution is 6.31. The van der Waals surface area contributed by atoms with Gasteiger partial charge in [-0.15, -0.1) is 11.6 Å². The first-order valence-corrected chi connectivity index (χ1v) is 7.33. The van der Waals surface area contributed by atoms with Gasteiger partial charge in [-0.2, -0.15) is 0 Å². The average Bonchev–Trinajstić information content (AvgIpc) is 2.53. The van der Waals surface area contributed by atoms with Gasteiger partial charge in [0.1, 0.15) is 0 Å². The SMILES string of the molecule is O=C(CCl)c1ccccc1N1CCc2ccccc2C1. The number of benzene rings is 2. The molecule has 0 atom stereocenters. The number of alkyl halides is 1. The smallest absolute Gasteiger partial charge is 0.179 e. The van der Waals surface area contributed by atoms with Crippen molar-refractivity contribution in [1.29, 1.82) is 0 Å². The molecule has 20 heavy (non-hydrogen) atoms. The molecular weight excluding hydrogens is 270 g/mol. The number of carbonyl (C=O) groups is 1. The molecule has 0 radical (unpaired) electrons. The van der Waals surface area contributed by atoms with Gasteiger partial charge >= 0.3 is 0 Å². The van der Waals surface area contributed by atoms with E-state index in [4.69, 9.17) is 11.6 Å². The van der Waals surface area contributed by atoms with Crippen LogP contribution in [-0.4, -0.2) is 18.2 Å². The number of halogens is 1. The van der Waals surface area contributed by atoms with Crippen molar-refractivity contribution < 1.29 is 4.79 Å². The maximum absolute atomic E-state index is 12.0. The third-order valence-electron chi connectivity index (χ3n) is 3.80. The molecule has 3 rings (SSSR count). The van der Waals surface area contributed by atoms with Gasteiger partial charge in [-0.3, -0.25) is 4.79 Å². The zero-order valence-electron chi connectivity index (χ0n) is 11.2. The molecule has 0 saturated carbocycles. The quantitative estimate of drug-likeness (QED) is 0.633.